The molecule has 106 valence electrons. The van der Waals surface area contributed by atoms with E-state index in [1.807, 2.05) is 31.2 Å². The molecule has 1 atom stereocenters. The van der Waals surface area contributed by atoms with Gasteiger partial charge in [0.2, 0.25) is 5.91 Å². The van der Waals surface area contributed by atoms with Crippen molar-refractivity contribution in [3.63, 3.8) is 0 Å². The van der Waals surface area contributed by atoms with Gasteiger partial charge >= 0.3 is 0 Å². The lowest BCUT2D eigenvalue weighted by Crippen LogP contribution is -2.36. The Kier molecular flexibility index (Phi) is 6.36. The van der Waals surface area contributed by atoms with Gasteiger partial charge in [0.05, 0.1) is 13.7 Å². The third-order valence-corrected chi connectivity index (χ3v) is 2.87. The Bertz CT molecular complexity index is 405. The lowest BCUT2D eigenvalue weighted by Gasteiger charge is -2.15. The molecule has 1 aromatic carbocycles. The molecule has 0 aromatic heterocycles. The van der Waals surface area contributed by atoms with Crippen LogP contribution in [0.2, 0.25) is 0 Å². The predicted molar refractivity (Wildman–Crippen MR) is 77.3 cm³/mol. The standard InChI is InChI=1S/C15H24N2O2/c1-11(2)9-17-15(18)10-16-12(3)13-6-5-7-14(8-13)19-4/h5-8,11-12,16H,9-10H2,1-4H3,(H,17,18). The fourth-order valence-corrected chi connectivity index (χ4v) is 1.65. The summed E-state index contributed by atoms with van der Waals surface area (Å²) in [5, 5.41) is 6.09. The molecule has 0 saturated carbocycles. The maximum Gasteiger partial charge on any atom is 0.233 e. The highest BCUT2D eigenvalue weighted by Crippen LogP contribution is 2.18. The van der Waals surface area contributed by atoms with E-state index in [2.05, 4.69) is 24.5 Å². The molecule has 1 rings (SSSR count). The van der Waals surface area contributed by atoms with Crippen LogP contribution in [-0.2, 0) is 4.79 Å². The number of ether oxygens (including phenoxy) is 1. The van der Waals surface area contributed by atoms with E-state index in [0.717, 1.165) is 11.3 Å². The van der Waals surface area contributed by atoms with Gasteiger partial charge in [0.25, 0.3) is 0 Å². The Labute approximate surface area is 115 Å². The Hall–Kier alpha value is -1.55. The first-order valence-corrected chi connectivity index (χ1v) is 6.67. The van der Waals surface area contributed by atoms with Crippen molar-refractivity contribution in [1.29, 1.82) is 0 Å². The van der Waals surface area contributed by atoms with Gasteiger partial charge in [0.1, 0.15) is 5.75 Å². The Morgan fingerprint density at radius 1 is 1.32 bits per heavy atom. The SMILES string of the molecule is COc1cccc(C(C)NCC(=O)NCC(C)C)c1. The molecule has 2 N–H and O–H groups in total. The molecule has 0 aliphatic carbocycles. The van der Waals surface area contributed by atoms with Crippen molar-refractivity contribution in [2.24, 2.45) is 5.92 Å². The number of rotatable bonds is 7. The highest BCUT2D eigenvalue weighted by molar-refractivity contribution is 5.78. The van der Waals surface area contributed by atoms with Crippen molar-refractivity contribution < 1.29 is 9.53 Å². The zero-order valence-electron chi connectivity index (χ0n) is 12.2. The number of hydrogen-bond acceptors (Lipinski definition) is 3. The summed E-state index contributed by atoms with van der Waals surface area (Å²) in [5.41, 5.74) is 1.11. The van der Waals surface area contributed by atoms with Crippen LogP contribution >= 0.6 is 0 Å². The second kappa shape index (κ2) is 7.79. The molecule has 0 aliphatic heterocycles. The summed E-state index contributed by atoms with van der Waals surface area (Å²) in [7, 11) is 1.65. The third kappa shape index (κ3) is 5.75. The summed E-state index contributed by atoms with van der Waals surface area (Å²) < 4.78 is 5.19. The Morgan fingerprint density at radius 3 is 2.68 bits per heavy atom. The van der Waals surface area contributed by atoms with Gasteiger partial charge in [-0.3, -0.25) is 4.79 Å². The van der Waals surface area contributed by atoms with Crippen molar-refractivity contribution in [3.8, 4) is 5.75 Å². The first kappa shape index (κ1) is 15.5. The van der Waals surface area contributed by atoms with Gasteiger partial charge < -0.3 is 15.4 Å². The predicted octanol–water partition coefficient (Wildman–Crippen LogP) is 2.12. The van der Waals surface area contributed by atoms with E-state index in [1.165, 1.54) is 0 Å². The van der Waals surface area contributed by atoms with Gasteiger partial charge in [-0.15, -0.1) is 0 Å². The van der Waals surface area contributed by atoms with Gasteiger partial charge in [0, 0.05) is 12.6 Å². The van der Waals surface area contributed by atoms with Crippen molar-refractivity contribution in [2.45, 2.75) is 26.8 Å². The zero-order chi connectivity index (χ0) is 14.3. The van der Waals surface area contributed by atoms with E-state index in [-0.39, 0.29) is 11.9 Å². The van der Waals surface area contributed by atoms with Crippen LogP contribution in [0.1, 0.15) is 32.4 Å². The monoisotopic (exact) mass is 264 g/mol. The van der Waals surface area contributed by atoms with Gasteiger partial charge in [-0.1, -0.05) is 26.0 Å². The fourth-order valence-electron chi connectivity index (χ4n) is 1.65. The fraction of sp³-hybridized carbons (Fsp3) is 0.533. The third-order valence-electron chi connectivity index (χ3n) is 2.87. The molecular weight excluding hydrogens is 240 g/mol. The lowest BCUT2D eigenvalue weighted by molar-refractivity contribution is -0.120. The summed E-state index contributed by atoms with van der Waals surface area (Å²) in [6.45, 7) is 7.23. The minimum absolute atomic E-state index is 0.0310. The lowest BCUT2D eigenvalue weighted by atomic mass is 10.1. The number of nitrogens with one attached hydrogen (secondary N) is 2. The maximum atomic E-state index is 11.6. The number of benzene rings is 1. The first-order valence-electron chi connectivity index (χ1n) is 6.67. The summed E-state index contributed by atoms with van der Waals surface area (Å²) in [6.07, 6.45) is 0. The van der Waals surface area contributed by atoms with Crippen LogP contribution in [0.5, 0.6) is 5.75 Å². The number of carbonyl (C=O) groups is 1. The van der Waals surface area contributed by atoms with Crippen molar-refractivity contribution >= 4 is 5.91 Å². The van der Waals surface area contributed by atoms with Crippen LogP contribution in [-0.4, -0.2) is 26.1 Å². The summed E-state index contributed by atoms with van der Waals surface area (Å²) >= 11 is 0. The van der Waals surface area contributed by atoms with Crippen molar-refractivity contribution in [1.82, 2.24) is 10.6 Å². The van der Waals surface area contributed by atoms with Crippen molar-refractivity contribution in [3.05, 3.63) is 29.8 Å². The van der Waals surface area contributed by atoms with E-state index in [9.17, 15) is 4.79 Å². The first-order chi connectivity index (χ1) is 9.02. The van der Waals surface area contributed by atoms with Gasteiger partial charge in [-0.25, -0.2) is 0 Å². The molecule has 1 aromatic rings. The van der Waals surface area contributed by atoms with Crippen LogP contribution in [0.25, 0.3) is 0 Å². The summed E-state index contributed by atoms with van der Waals surface area (Å²) in [4.78, 5) is 11.6. The van der Waals surface area contributed by atoms with Crippen LogP contribution in [0.4, 0.5) is 0 Å². The maximum absolute atomic E-state index is 11.6. The molecule has 0 fully saturated rings. The average molecular weight is 264 g/mol. The average Bonchev–Trinajstić information content (AvgIpc) is 2.42. The minimum atomic E-state index is 0.0310. The van der Waals surface area contributed by atoms with E-state index in [4.69, 9.17) is 4.74 Å². The van der Waals surface area contributed by atoms with Crippen LogP contribution in [0.15, 0.2) is 24.3 Å². The molecule has 1 unspecified atom stereocenters. The number of methoxy groups -OCH3 is 1. The molecular formula is C15H24N2O2. The second-order valence-corrected chi connectivity index (χ2v) is 5.08. The number of amides is 1. The Morgan fingerprint density at radius 2 is 2.05 bits per heavy atom. The number of hydrogen-bond donors (Lipinski definition) is 2. The van der Waals surface area contributed by atoms with Gasteiger partial charge in [0.15, 0.2) is 0 Å². The van der Waals surface area contributed by atoms with Gasteiger partial charge in [-0.05, 0) is 30.5 Å². The molecule has 0 bridgehead atoms. The molecule has 4 heteroatoms. The number of carbonyl (C=O) groups excluding carboxylic acids is 1. The Balaban J connectivity index is 2.41. The van der Waals surface area contributed by atoms with E-state index >= 15 is 0 Å². The molecule has 0 spiro atoms. The molecule has 1 amide bonds. The highest BCUT2D eigenvalue weighted by Gasteiger charge is 2.08. The summed E-state index contributed by atoms with van der Waals surface area (Å²) in [6, 6.07) is 7.96. The smallest absolute Gasteiger partial charge is 0.233 e. The molecule has 0 heterocycles. The quantitative estimate of drug-likeness (QED) is 0.793. The van der Waals surface area contributed by atoms with Gasteiger partial charge in [-0.2, -0.15) is 0 Å². The van der Waals surface area contributed by atoms with Crippen molar-refractivity contribution in [2.75, 3.05) is 20.2 Å². The van der Waals surface area contributed by atoms with E-state index in [0.29, 0.717) is 19.0 Å². The van der Waals surface area contributed by atoms with Crippen LogP contribution in [0.3, 0.4) is 0 Å². The molecule has 0 radical (unpaired) electrons. The topological polar surface area (TPSA) is 50.4 Å². The molecule has 19 heavy (non-hydrogen) atoms. The molecule has 0 saturated heterocycles. The summed E-state index contributed by atoms with van der Waals surface area (Å²) in [5.74, 6) is 1.33. The normalized spacial score (nSPS) is 12.3. The van der Waals surface area contributed by atoms with E-state index in [1.54, 1.807) is 7.11 Å². The second-order valence-electron chi connectivity index (χ2n) is 5.08. The van der Waals surface area contributed by atoms with Crippen LogP contribution < -0.4 is 15.4 Å². The van der Waals surface area contributed by atoms with E-state index < -0.39 is 0 Å². The molecule has 4 nitrogen and oxygen atoms in total. The highest BCUT2D eigenvalue weighted by atomic mass is 16.5. The molecule has 0 aliphatic rings. The van der Waals surface area contributed by atoms with Crippen LogP contribution in [0, 0.1) is 5.92 Å². The minimum Gasteiger partial charge on any atom is -0.497 e. The zero-order valence-corrected chi connectivity index (χ0v) is 12.2. The largest absolute Gasteiger partial charge is 0.497 e.